The molecule has 0 aliphatic heterocycles. The third-order valence-corrected chi connectivity index (χ3v) is 5.15. The van der Waals surface area contributed by atoms with Crippen molar-refractivity contribution in [3.05, 3.63) is 71.4 Å². The second kappa shape index (κ2) is 8.75. The lowest BCUT2D eigenvalue weighted by molar-refractivity contribution is -0.119. The molecule has 0 atom stereocenters. The van der Waals surface area contributed by atoms with Crippen LogP contribution in [0, 0.1) is 0 Å². The number of hydrogen-bond donors (Lipinski definition) is 2. The Balaban J connectivity index is 1.53. The van der Waals surface area contributed by atoms with E-state index in [1.54, 1.807) is 30.5 Å². The molecule has 0 aliphatic rings. The highest BCUT2D eigenvalue weighted by molar-refractivity contribution is 7.99. The summed E-state index contributed by atoms with van der Waals surface area (Å²) in [6.45, 7) is 0. The highest BCUT2D eigenvalue weighted by atomic mass is 35.5. The van der Waals surface area contributed by atoms with Crippen molar-refractivity contribution in [2.24, 2.45) is 7.05 Å². The predicted octanol–water partition coefficient (Wildman–Crippen LogP) is 3.29. The van der Waals surface area contributed by atoms with Crippen LogP contribution < -0.4 is 10.9 Å². The van der Waals surface area contributed by atoms with Crippen LogP contribution in [0.5, 0.6) is 0 Å². The lowest BCUT2D eigenvalue weighted by Gasteiger charge is -2.09. The highest BCUT2D eigenvalue weighted by Gasteiger charge is 2.13. The molecule has 6 nitrogen and oxygen atoms in total. The topological polar surface area (TPSA) is 76.0 Å². The lowest BCUT2D eigenvalue weighted by Crippen LogP contribution is -2.42. The van der Waals surface area contributed by atoms with E-state index in [2.05, 4.69) is 15.8 Å². The number of carbonyl (C=O) groups is 2. The molecule has 0 fully saturated rings. The van der Waals surface area contributed by atoms with Crippen molar-refractivity contribution < 1.29 is 9.59 Å². The van der Waals surface area contributed by atoms with Gasteiger partial charge in [0.05, 0.1) is 28.2 Å². The summed E-state index contributed by atoms with van der Waals surface area (Å²) in [6.07, 6.45) is 1.77. The minimum Gasteiger partial charge on any atom is -0.322 e. The van der Waals surface area contributed by atoms with Crippen LogP contribution in [0.1, 0.15) is 10.4 Å². The van der Waals surface area contributed by atoms with Gasteiger partial charge in [-0.3, -0.25) is 20.4 Å². The molecule has 3 rings (SSSR count). The third kappa shape index (κ3) is 4.69. The fourth-order valence-corrected chi connectivity index (χ4v) is 3.38. The molecule has 0 spiro atoms. The summed E-state index contributed by atoms with van der Waals surface area (Å²) in [5.74, 6) is -0.700. The first-order valence-corrected chi connectivity index (χ1v) is 9.46. The monoisotopic (exact) mass is 400 g/mol. The summed E-state index contributed by atoms with van der Waals surface area (Å²) in [6, 6.07) is 16.5. The average Bonchev–Trinajstić information content (AvgIpc) is 3.06. The molecule has 0 saturated heterocycles. The number of hydrogen-bond acceptors (Lipinski definition) is 4. The number of imidazole rings is 1. The van der Waals surface area contributed by atoms with Crippen LogP contribution in [0.2, 0.25) is 5.02 Å². The number of rotatable bonds is 5. The zero-order chi connectivity index (χ0) is 19.2. The Labute approximate surface area is 165 Å². The minimum absolute atomic E-state index is 0.113. The third-order valence-electron chi connectivity index (χ3n) is 3.78. The average molecular weight is 401 g/mol. The van der Waals surface area contributed by atoms with Gasteiger partial charge in [-0.2, -0.15) is 0 Å². The molecular weight excluding hydrogens is 384 g/mol. The van der Waals surface area contributed by atoms with E-state index in [9.17, 15) is 9.59 Å². The molecule has 8 heteroatoms. The quantitative estimate of drug-likeness (QED) is 0.509. The summed E-state index contributed by atoms with van der Waals surface area (Å²) in [5.41, 5.74) is 7.05. The Morgan fingerprint density at radius 3 is 2.52 bits per heavy atom. The number of benzene rings is 2. The lowest BCUT2D eigenvalue weighted by atomic mass is 10.2. The molecule has 2 amide bonds. The molecule has 2 N–H and O–H groups in total. The van der Waals surface area contributed by atoms with Crippen LogP contribution in [0.25, 0.3) is 11.3 Å². The van der Waals surface area contributed by atoms with Gasteiger partial charge in [0.1, 0.15) is 0 Å². The Morgan fingerprint density at radius 1 is 1.07 bits per heavy atom. The number of hydrazine groups is 1. The molecular formula is C19H17ClN4O2S. The van der Waals surface area contributed by atoms with Gasteiger partial charge in [0, 0.05) is 7.05 Å². The first kappa shape index (κ1) is 19.0. The van der Waals surface area contributed by atoms with E-state index in [0.717, 1.165) is 11.3 Å². The predicted molar refractivity (Wildman–Crippen MR) is 106 cm³/mol. The maximum Gasteiger partial charge on any atom is 0.271 e. The summed E-state index contributed by atoms with van der Waals surface area (Å²) < 4.78 is 1.93. The SMILES string of the molecule is Cn1c(-c2ccccc2)cnc1SCC(=O)NNC(=O)c1ccccc1Cl. The summed E-state index contributed by atoms with van der Waals surface area (Å²) in [5, 5.41) is 1.03. The van der Waals surface area contributed by atoms with Gasteiger partial charge in [0.15, 0.2) is 5.16 Å². The van der Waals surface area contributed by atoms with Gasteiger partial charge in [-0.05, 0) is 17.7 Å². The van der Waals surface area contributed by atoms with Gasteiger partial charge in [-0.15, -0.1) is 0 Å². The molecule has 3 aromatic rings. The van der Waals surface area contributed by atoms with Crippen molar-refractivity contribution in [1.82, 2.24) is 20.4 Å². The number of nitrogens with zero attached hydrogens (tertiary/aromatic N) is 2. The molecule has 1 heterocycles. The number of thioether (sulfide) groups is 1. The van der Waals surface area contributed by atoms with Gasteiger partial charge >= 0.3 is 0 Å². The van der Waals surface area contributed by atoms with Crippen LogP contribution >= 0.6 is 23.4 Å². The normalized spacial score (nSPS) is 10.4. The van der Waals surface area contributed by atoms with Crippen LogP contribution in [0.15, 0.2) is 66.0 Å². The van der Waals surface area contributed by atoms with E-state index < -0.39 is 5.91 Å². The van der Waals surface area contributed by atoms with E-state index in [4.69, 9.17) is 11.6 Å². The summed E-state index contributed by atoms with van der Waals surface area (Å²) >= 11 is 7.24. The molecule has 0 radical (unpaired) electrons. The fourth-order valence-electron chi connectivity index (χ4n) is 2.41. The maximum atomic E-state index is 12.0. The van der Waals surface area contributed by atoms with Crippen molar-refractivity contribution >= 4 is 35.2 Å². The zero-order valence-corrected chi connectivity index (χ0v) is 16.1. The van der Waals surface area contributed by atoms with Crippen LogP contribution in [-0.2, 0) is 11.8 Å². The number of halogens is 1. The van der Waals surface area contributed by atoms with Crippen molar-refractivity contribution in [3.8, 4) is 11.3 Å². The first-order valence-electron chi connectivity index (χ1n) is 8.10. The molecule has 2 aromatic carbocycles. The van der Waals surface area contributed by atoms with Gasteiger partial charge < -0.3 is 4.57 Å². The maximum absolute atomic E-state index is 12.0. The van der Waals surface area contributed by atoms with Crippen LogP contribution in [-0.4, -0.2) is 27.1 Å². The summed E-state index contributed by atoms with van der Waals surface area (Å²) in [7, 11) is 1.90. The minimum atomic E-state index is -0.470. The van der Waals surface area contributed by atoms with Gasteiger partial charge in [-0.1, -0.05) is 65.8 Å². The van der Waals surface area contributed by atoms with Gasteiger partial charge in [0.25, 0.3) is 5.91 Å². The van der Waals surface area contributed by atoms with Crippen molar-refractivity contribution in [2.75, 3.05) is 5.75 Å². The molecule has 0 aliphatic carbocycles. The number of carbonyl (C=O) groups excluding carboxylic acids is 2. The standard InChI is InChI=1S/C19H17ClN4O2S/c1-24-16(13-7-3-2-4-8-13)11-21-19(24)27-12-17(25)22-23-18(26)14-9-5-6-10-15(14)20/h2-11H,12H2,1H3,(H,22,25)(H,23,26). The molecule has 0 saturated carbocycles. The molecule has 0 unspecified atom stereocenters. The number of amides is 2. The fraction of sp³-hybridized carbons (Fsp3) is 0.105. The van der Waals surface area contributed by atoms with E-state index >= 15 is 0 Å². The van der Waals surface area contributed by atoms with E-state index in [1.165, 1.54) is 11.8 Å². The smallest absolute Gasteiger partial charge is 0.271 e. The second-order valence-electron chi connectivity index (χ2n) is 5.62. The van der Waals surface area contributed by atoms with Crippen molar-refractivity contribution in [2.45, 2.75) is 5.16 Å². The van der Waals surface area contributed by atoms with E-state index in [0.29, 0.717) is 15.7 Å². The largest absolute Gasteiger partial charge is 0.322 e. The summed E-state index contributed by atoms with van der Waals surface area (Å²) in [4.78, 5) is 28.4. The Kier molecular flexibility index (Phi) is 6.16. The molecule has 0 bridgehead atoms. The Morgan fingerprint density at radius 2 is 1.78 bits per heavy atom. The van der Waals surface area contributed by atoms with Crippen LogP contribution in [0.3, 0.4) is 0 Å². The Bertz CT molecular complexity index is 959. The van der Waals surface area contributed by atoms with Gasteiger partial charge in [0.2, 0.25) is 5.91 Å². The van der Waals surface area contributed by atoms with Crippen molar-refractivity contribution in [3.63, 3.8) is 0 Å². The Hall–Kier alpha value is -2.77. The molecule has 138 valence electrons. The second-order valence-corrected chi connectivity index (χ2v) is 6.97. The first-order chi connectivity index (χ1) is 13.1. The number of aromatic nitrogens is 2. The zero-order valence-electron chi connectivity index (χ0n) is 14.5. The van der Waals surface area contributed by atoms with Gasteiger partial charge in [-0.25, -0.2) is 4.98 Å². The molecule has 1 aromatic heterocycles. The van der Waals surface area contributed by atoms with Crippen LogP contribution in [0.4, 0.5) is 0 Å². The highest BCUT2D eigenvalue weighted by Crippen LogP contribution is 2.24. The molecule has 27 heavy (non-hydrogen) atoms. The number of nitrogens with one attached hydrogen (secondary N) is 2. The van der Waals surface area contributed by atoms with E-state index in [1.807, 2.05) is 41.9 Å². The van der Waals surface area contributed by atoms with E-state index in [-0.39, 0.29) is 11.7 Å². The van der Waals surface area contributed by atoms with Crippen molar-refractivity contribution in [1.29, 1.82) is 0 Å².